The Kier molecular flexibility index (Phi) is 5.41. The molecule has 0 atom stereocenters. The van der Waals surface area contributed by atoms with Crippen molar-refractivity contribution in [1.82, 2.24) is 15.6 Å². The molecule has 0 fully saturated rings. The number of nitrogens with zero attached hydrogens (tertiary/aromatic N) is 2. The molecule has 0 saturated heterocycles. The van der Waals surface area contributed by atoms with Gasteiger partial charge in [-0.2, -0.15) is 0 Å². The highest BCUT2D eigenvalue weighted by Gasteiger charge is 2.11. The Morgan fingerprint density at radius 1 is 1.45 bits per heavy atom. The summed E-state index contributed by atoms with van der Waals surface area (Å²) in [4.78, 5) is 8.40. The Morgan fingerprint density at radius 2 is 2.25 bits per heavy atom. The van der Waals surface area contributed by atoms with Crippen LogP contribution in [0.4, 0.5) is 0 Å². The van der Waals surface area contributed by atoms with Gasteiger partial charge in [0.25, 0.3) is 0 Å². The maximum Gasteiger partial charge on any atom is 0.213 e. The van der Waals surface area contributed by atoms with Gasteiger partial charge in [0.05, 0.1) is 6.61 Å². The Hall–Kier alpha value is -2.04. The molecule has 1 heterocycles. The van der Waals surface area contributed by atoms with Crippen LogP contribution in [0.3, 0.4) is 0 Å². The molecule has 108 valence electrons. The monoisotopic (exact) mass is 274 g/mol. The van der Waals surface area contributed by atoms with Crippen molar-refractivity contribution in [3.63, 3.8) is 0 Å². The normalized spacial score (nSPS) is 15.4. The van der Waals surface area contributed by atoms with E-state index in [4.69, 9.17) is 4.74 Å². The first-order valence-corrected chi connectivity index (χ1v) is 7.01. The summed E-state index contributed by atoms with van der Waals surface area (Å²) in [7, 11) is 1.79. The first-order valence-electron chi connectivity index (χ1n) is 7.01. The van der Waals surface area contributed by atoms with E-state index in [2.05, 4.69) is 32.8 Å². The Labute approximate surface area is 120 Å². The molecule has 2 rings (SSSR count). The minimum atomic E-state index is 0.456. The van der Waals surface area contributed by atoms with E-state index in [0.717, 1.165) is 24.4 Å². The molecule has 1 aliphatic rings. The molecule has 1 aromatic rings. The highest BCUT2D eigenvalue weighted by atomic mass is 16.5. The zero-order valence-electron chi connectivity index (χ0n) is 12.1. The third kappa shape index (κ3) is 4.26. The molecule has 20 heavy (non-hydrogen) atoms. The molecular weight excluding hydrogens is 252 g/mol. The maximum absolute atomic E-state index is 5.39. The molecule has 2 N–H and O–H groups in total. The SMILES string of the molecule is CCOc1cc(CNC(=NC)NC2CC=CC2)ccn1. The van der Waals surface area contributed by atoms with Gasteiger partial charge in [0.15, 0.2) is 5.96 Å². The van der Waals surface area contributed by atoms with E-state index in [9.17, 15) is 0 Å². The molecule has 0 aromatic carbocycles. The van der Waals surface area contributed by atoms with Gasteiger partial charge < -0.3 is 15.4 Å². The molecule has 1 aliphatic carbocycles. The van der Waals surface area contributed by atoms with Crippen LogP contribution < -0.4 is 15.4 Å². The van der Waals surface area contributed by atoms with Crippen molar-refractivity contribution < 1.29 is 4.74 Å². The smallest absolute Gasteiger partial charge is 0.213 e. The van der Waals surface area contributed by atoms with Crippen LogP contribution in [-0.2, 0) is 6.54 Å². The largest absolute Gasteiger partial charge is 0.478 e. The predicted molar refractivity (Wildman–Crippen MR) is 80.9 cm³/mol. The number of rotatable bonds is 5. The van der Waals surface area contributed by atoms with Gasteiger partial charge in [-0.05, 0) is 31.4 Å². The second kappa shape index (κ2) is 7.53. The Balaban J connectivity index is 1.84. The third-order valence-corrected chi connectivity index (χ3v) is 3.12. The van der Waals surface area contributed by atoms with E-state index in [1.165, 1.54) is 0 Å². The van der Waals surface area contributed by atoms with Crippen molar-refractivity contribution in [2.45, 2.75) is 32.4 Å². The van der Waals surface area contributed by atoms with Gasteiger partial charge >= 0.3 is 0 Å². The van der Waals surface area contributed by atoms with E-state index in [1.54, 1.807) is 13.2 Å². The standard InChI is InChI=1S/C15H22N4O/c1-3-20-14-10-12(8-9-17-14)11-18-15(16-2)19-13-6-4-5-7-13/h4-5,8-10,13H,3,6-7,11H2,1-2H3,(H2,16,18,19). The van der Waals surface area contributed by atoms with Crippen LogP contribution >= 0.6 is 0 Å². The van der Waals surface area contributed by atoms with Gasteiger partial charge in [-0.25, -0.2) is 4.98 Å². The average Bonchev–Trinajstić information content (AvgIpc) is 2.97. The average molecular weight is 274 g/mol. The lowest BCUT2D eigenvalue weighted by Gasteiger charge is -2.17. The molecular formula is C15H22N4O. The number of hydrogen-bond donors (Lipinski definition) is 2. The van der Waals surface area contributed by atoms with Crippen molar-refractivity contribution in [1.29, 1.82) is 0 Å². The number of aromatic nitrogens is 1. The fourth-order valence-corrected chi connectivity index (χ4v) is 2.10. The summed E-state index contributed by atoms with van der Waals surface area (Å²) in [6.45, 7) is 3.28. The molecule has 0 saturated carbocycles. The highest BCUT2D eigenvalue weighted by Crippen LogP contribution is 2.10. The quantitative estimate of drug-likeness (QED) is 0.489. The zero-order chi connectivity index (χ0) is 14.2. The van der Waals surface area contributed by atoms with Crippen LogP contribution in [0, 0.1) is 0 Å². The van der Waals surface area contributed by atoms with Gasteiger partial charge in [0, 0.05) is 31.9 Å². The molecule has 0 aliphatic heterocycles. The summed E-state index contributed by atoms with van der Waals surface area (Å²) < 4.78 is 5.39. The highest BCUT2D eigenvalue weighted by molar-refractivity contribution is 5.80. The fourth-order valence-electron chi connectivity index (χ4n) is 2.10. The number of ether oxygens (including phenoxy) is 1. The van der Waals surface area contributed by atoms with Crippen molar-refractivity contribution >= 4 is 5.96 Å². The molecule has 0 spiro atoms. The number of nitrogens with one attached hydrogen (secondary N) is 2. The van der Waals surface area contributed by atoms with Crippen LogP contribution in [0.25, 0.3) is 0 Å². The second-order valence-electron chi connectivity index (χ2n) is 4.65. The fraction of sp³-hybridized carbons (Fsp3) is 0.467. The maximum atomic E-state index is 5.39. The van der Waals surface area contributed by atoms with Gasteiger partial charge in [-0.1, -0.05) is 12.2 Å². The number of guanidine groups is 1. The summed E-state index contributed by atoms with van der Waals surface area (Å²) in [6.07, 6.45) is 8.28. The molecule has 0 bridgehead atoms. The predicted octanol–water partition coefficient (Wildman–Crippen LogP) is 1.86. The first kappa shape index (κ1) is 14.4. The lowest BCUT2D eigenvalue weighted by atomic mass is 10.2. The molecule has 0 radical (unpaired) electrons. The molecule has 5 nitrogen and oxygen atoms in total. The lowest BCUT2D eigenvalue weighted by molar-refractivity contribution is 0.326. The minimum Gasteiger partial charge on any atom is -0.478 e. The van der Waals surface area contributed by atoms with Crippen LogP contribution in [0.15, 0.2) is 35.5 Å². The zero-order valence-corrected chi connectivity index (χ0v) is 12.1. The van der Waals surface area contributed by atoms with Crippen LogP contribution in [0.2, 0.25) is 0 Å². The topological polar surface area (TPSA) is 58.5 Å². The Morgan fingerprint density at radius 3 is 2.95 bits per heavy atom. The minimum absolute atomic E-state index is 0.456. The van der Waals surface area contributed by atoms with E-state index in [0.29, 0.717) is 25.1 Å². The van der Waals surface area contributed by atoms with Gasteiger partial charge in [0.2, 0.25) is 5.88 Å². The molecule has 0 amide bonds. The van der Waals surface area contributed by atoms with Gasteiger partial charge in [-0.3, -0.25) is 4.99 Å². The van der Waals surface area contributed by atoms with E-state index >= 15 is 0 Å². The van der Waals surface area contributed by atoms with Gasteiger partial charge in [-0.15, -0.1) is 0 Å². The second-order valence-corrected chi connectivity index (χ2v) is 4.65. The number of hydrogen-bond acceptors (Lipinski definition) is 3. The summed E-state index contributed by atoms with van der Waals surface area (Å²) in [5.74, 6) is 1.49. The van der Waals surface area contributed by atoms with Crippen LogP contribution in [0.1, 0.15) is 25.3 Å². The molecule has 1 aromatic heterocycles. The molecule has 5 heteroatoms. The van der Waals surface area contributed by atoms with Crippen molar-refractivity contribution in [2.75, 3.05) is 13.7 Å². The van der Waals surface area contributed by atoms with Crippen molar-refractivity contribution in [3.8, 4) is 5.88 Å². The van der Waals surface area contributed by atoms with Crippen LogP contribution in [-0.4, -0.2) is 30.6 Å². The van der Waals surface area contributed by atoms with Crippen LogP contribution in [0.5, 0.6) is 5.88 Å². The van der Waals surface area contributed by atoms with Gasteiger partial charge in [0.1, 0.15) is 0 Å². The number of aliphatic imine (C=N–C) groups is 1. The first-order chi connectivity index (χ1) is 9.81. The third-order valence-electron chi connectivity index (χ3n) is 3.12. The van der Waals surface area contributed by atoms with Crippen molar-refractivity contribution in [2.24, 2.45) is 4.99 Å². The lowest BCUT2D eigenvalue weighted by Crippen LogP contribution is -2.42. The summed E-state index contributed by atoms with van der Waals surface area (Å²) in [6, 6.07) is 4.37. The summed E-state index contributed by atoms with van der Waals surface area (Å²) in [5, 5.41) is 6.71. The Bertz CT molecular complexity index is 477. The van der Waals surface area contributed by atoms with E-state index in [1.807, 2.05) is 19.1 Å². The van der Waals surface area contributed by atoms with E-state index in [-0.39, 0.29) is 0 Å². The summed E-state index contributed by atoms with van der Waals surface area (Å²) >= 11 is 0. The summed E-state index contributed by atoms with van der Waals surface area (Å²) in [5.41, 5.74) is 1.12. The molecule has 0 unspecified atom stereocenters. The van der Waals surface area contributed by atoms with E-state index < -0.39 is 0 Å². The van der Waals surface area contributed by atoms with Crippen molar-refractivity contribution in [3.05, 3.63) is 36.0 Å². The number of pyridine rings is 1.